The number of rotatable bonds is 2. The third-order valence-corrected chi connectivity index (χ3v) is 2.73. The number of halogens is 2. The molecule has 0 aliphatic carbocycles. The van der Waals surface area contributed by atoms with Crippen LogP contribution in [0.1, 0.15) is 12.5 Å². The summed E-state index contributed by atoms with van der Waals surface area (Å²) in [6.45, 7) is 2.01. The molecule has 0 unspecified atom stereocenters. The maximum atomic E-state index is 5.98. The number of nitrogens with zero attached hydrogens (tertiary/aromatic N) is 4. The summed E-state index contributed by atoms with van der Waals surface area (Å²) in [6.07, 6.45) is 5.74. The van der Waals surface area contributed by atoms with E-state index < -0.39 is 0 Å². The lowest BCUT2D eigenvalue weighted by Crippen LogP contribution is -2.04. The van der Waals surface area contributed by atoms with Crippen LogP contribution in [0.5, 0.6) is 0 Å². The highest BCUT2D eigenvalue weighted by Crippen LogP contribution is 2.20. The average molecular weight is 288 g/mol. The average Bonchev–Trinajstić information content (AvgIpc) is 2.64. The SMILES string of the molecule is CCc1c(Cl)ncnc1-n1cc(Br)cn1. The highest BCUT2D eigenvalue weighted by Gasteiger charge is 2.10. The summed E-state index contributed by atoms with van der Waals surface area (Å²) in [5.74, 6) is 0.725. The highest BCUT2D eigenvalue weighted by molar-refractivity contribution is 9.10. The molecule has 0 N–H and O–H groups in total. The van der Waals surface area contributed by atoms with Gasteiger partial charge in [0.15, 0.2) is 5.82 Å². The minimum absolute atomic E-state index is 0.481. The first-order valence-corrected chi connectivity index (χ1v) is 5.59. The Morgan fingerprint density at radius 3 is 2.87 bits per heavy atom. The van der Waals surface area contributed by atoms with Crippen LogP contribution in [0.15, 0.2) is 23.2 Å². The standard InChI is InChI=1S/C9H8BrClN4/c1-2-7-8(11)12-5-13-9(7)15-4-6(10)3-14-15/h3-5H,2H2,1H3. The van der Waals surface area contributed by atoms with E-state index in [-0.39, 0.29) is 0 Å². The van der Waals surface area contributed by atoms with E-state index in [4.69, 9.17) is 11.6 Å². The molecule has 0 spiro atoms. The van der Waals surface area contributed by atoms with Crippen molar-refractivity contribution < 1.29 is 0 Å². The van der Waals surface area contributed by atoms with E-state index in [0.717, 1.165) is 22.3 Å². The second kappa shape index (κ2) is 4.28. The Morgan fingerprint density at radius 2 is 2.27 bits per heavy atom. The van der Waals surface area contributed by atoms with Crippen molar-refractivity contribution in [1.82, 2.24) is 19.7 Å². The fourth-order valence-corrected chi connectivity index (χ4v) is 1.85. The topological polar surface area (TPSA) is 43.6 Å². The maximum Gasteiger partial charge on any atom is 0.161 e. The Hall–Kier alpha value is -0.940. The van der Waals surface area contributed by atoms with Crippen molar-refractivity contribution in [2.45, 2.75) is 13.3 Å². The van der Waals surface area contributed by atoms with Crippen LogP contribution in [0.2, 0.25) is 5.15 Å². The molecular formula is C9H8BrClN4. The summed E-state index contributed by atoms with van der Waals surface area (Å²) >= 11 is 9.32. The molecule has 6 heteroatoms. The summed E-state index contributed by atoms with van der Waals surface area (Å²) in [7, 11) is 0. The molecule has 0 aliphatic rings. The van der Waals surface area contributed by atoms with Crippen LogP contribution in [0, 0.1) is 0 Å². The van der Waals surface area contributed by atoms with Gasteiger partial charge in [-0.25, -0.2) is 14.6 Å². The van der Waals surface area contributed by atoms with Crippen molar-refractivity contribution in [3.63, 3.8) is 0 Å². The Morgan fingerprint density at radius 1 is 1.47 bits per heavy atom. The number of hydrogen-bond acceptors (Lipinski definition) is 3. The molecule has 4 nitrogen and oxygen atoms in total. The van der Waals surface area contributed by atoms with E-state index in [1.165, 1.54) is 6.33 Å². The number of hydrogen-bond donors (Lipinski definition) is 0. The molecule has 0 atom stereocenters. The first-order valence-electron chi connectivity index (χ1n) is 4.42. The molecule has 0 radical (unpaired) electrons. The molecule has 0 saturated carbocycles. The molecule has 0 aliphatic heterocycles. The maximum absolute atomic E-state index is 5.98. The van der Waals surface area contributed by atoms with Crippen molar-refractivity contribution in [2.24, 2.45) is 0 Å². The third-order valence-electron chi connectivity index (χ3n) is 1.99. The van der Waals surface area contributed by atoms with Crippen molar-refractivity contribution in [3.05, 3.63) is 33.9 Å². The largest absolute Gasteiger partial charge is 0.224 e. The molecular weight excluding hydrogens is 279 g/mol. The van der Waals surface area contributed by atoms with Gasteiger partial charge < -0.3 is 0 Å². The number of aromatic nitrogens is 4. The van der Waals surface area contributed by atoms with Gasteiger partial charge in [-0.05, 0) is 22.4 Å². The fraction of sp³-hybridized carbons (Fsp3) is 0.222. The van der Waals surface area contributed by atoms with E-state index in [0.29, 0.717) is 5.15 Å². The molecule has 0 aromatic carbocycles. The molecule has 0 amide bonds. The predicted molar refractivity (Wildman–Crippen MR) is 61.2 cm³/mol. The van der Waals surface area contributed by atoms with E-state index in [1.54, 1.807) is 10.9 Å². The van der Waals surface area contributed by atoms with Gasteiger partial charge in [-0.1, -0.05) is 18.5 Å². The van der Waals surface area contributed by atoms with Gasteiger partial charge >= 0.3 is 0 Å². The van der Waals surface area contributed by atoms with Gasteiger partial charge in [0, 0.05) is 11.8 Å². The normalized spacial score (nSPS) is 10.6. The molecule has 15 heavy (non-hydrogen) atoms. The van der Waals surface area contributed by atoms with E-state index in [1.807, 2.05) is 13.1 Å². The van der Waals surface area contributed by atoms with Crippen molar-refractivity contribution in [2.75, 3.05) is 0 Å². The summed E-state index contributed by atoms with van der Waals surface area (Å²) in [5, 5.41) is 4.64. The lowest BCUT2D eigenvalue weighted by atomic mass is 10.2. The van der Waals surface area contributed by atoms with Crippen LogP contribution in [0.25, 0.3) is 5.82 Å². The van der Waals surface area contributed by atoms with Crippen molar-refractivity contribution >= 4 is 27.5 Å². The van der Waals surface area contributed by atoms with Gasteiger partial charge in [-0.3, -0.25) is 0 Å². The van der Waals surface area contributed by atoms with Crippen molar-refractivity contribution in [1.29, 1.82) is 0 Å². The molecule has 2 aromatic heterocycles. The molecule has 2 aromatic rings. The van der Waals surface area contributed by atoms with Gasteiger partial charge in [0.05, 0.1) is 10.7 Å². The summed E-state index contributed by atoms with van der Waals surface area (Å²) in [5.41, 5.74) is 0.898. The first-order chi connectivity index (χ1) is 7.22. The summed E-state index contributed by atoms with van der Waals surface area (Å²) in [4.78, 5) is 8.12. The van der Waals surface area contributed by atoms with Gasteiger partial charge in [0.25, 0.3) is 0 Å². The zero-order valence-corrected chi connectivity index (χ0v) is 10.3. The van der Waals surface area contributed by atoms with Crippen LogP contribution in [-0.2, 0) is 6.42 Å². The lowest BCUT2D eigenvalue weighted by molar-refractivity contribution is 0.817. The van der Waals surface area contributed by atoms with Crippen LogP contribution in [0.4, 0.5) is 0 Å². The molecule has 2 heterocycles. The third kappa shape index (κ3) is 2.03. The lowest BCUT2D eigenvalue weighted by Gasteiger charge is -2.06. The Labute approximate surface area is 100 Å². The molecule has 2 rings (SSSR count). The first kappa shape index (κ1) is 10.6. The summed E-state index contributed by atoms with van der Waals surface area (Å²) < 4.78 is 2.58. The zero-order valence-electron chi connectivity index (χ0n) is 7.98. The Kier molecular flexibility index (Phi) is 3.02. The van der Waals surface area contributed by atoms with Gasteiger partial charge in [0.1, 0.15) is 11.5 Å². The zero-order chi connectivity index (χ0) is 10.8. The summed E-state index contributed by atoms with van der Waals surface area (Å²) in [6, 6.07) is 0. The van der Waals surface area contributed by atoms with E-state index in [2.05, 4.69) is 31.0 Å². The van der Waals surface area contributed by atoms with E-state index >= 15 is 0 Å². The minimum Gasteiger partial charge on any atom is -0.224 e. The fourth-order valence-electron chi connectivity index (χ4n) is 1.30. The molecule has 0 saturated heterocycles. The van der Waals surface area contributed by atoms with Crippen LogP contribution < -0.4 is 0 Å². The van der Waals surface area contributed by atoms with Gasteiger partial charge in [-0.15, -0.1) is 0 Å². The molecule has 78 valence electrons. The van der Waals surface area contributed by atoms with Crippen LogP contribution >= 0.6 is 27.5 Å². The van der Waals surface area contributed by atoms with Crippen LogP contribution in [0.3, 0.4) is 0 Å². The monoisotopic (exact) mass is 286 g/mol. The predicted octanol–water partition coefficient (Wildman–Crippen LogP) is 2.64. The quantitative estimate of drug-likeness (QED) is 0.798. The van der Waals surface area contributed by atoms with Gasteiger partial charge in [0.2, 0.25) is 0 Å². The van der Waals surface area contributed by atoms with Gasteiger partial charge in [-0.2, -0.15) is 5.10 Å². The van der Waals surface area contributed by atoms with Crippen molar-refractivity contribution in [3.8, 4) is 5.82 Å². The molecule has 0 fully saturated rings. The Balaban J connectivity index is 2.57. The van der Waals surface area contributed by atoms with E-state index in [9.17, 15) is 0 Å². The minimum atomic E-state index is 0.481. The second-order valence-electron chi connectivity index (χ2n) is 2.92. The smallest absolute Gasteiger partial charge is 0.161 e. The molecule has 0 bridgehead atoms. The second-order valence-corrected chi connectivity index (χ2v) is 4.20. The highest BCUT2D eigenvalue weighted by atomic mass is 79.9. The Bertz CT molecular complexity index is 483. The van der Waals surface area contributed by atoms with Crippen LogP contribution in [-0.4, -0.2) is 19.7 Å².